The van der Waals surface area contributed by atoms with E-state index in [2.05, 4.69) is 4.98 Å². The number of halogens is 4. The number of alkyl halides is 3. The molecule has 0 atom stereocenters. The highest BCUT2D eigenvalue weighted by atomic mass is 35.5. The van der Waals surface area contributed by atoms with Gasteiger partial charge in [-0.15, -0.1) is 0 Å². The molecule has 8 nitrogen and oxygen atoms in total. The lowest BCUT2D eigenvalue weighted by Crippen LogP contribution is -2.37. The lowest BCUT2D eigenvalue weighted by atomic mass is 10.0. The molecule has 1 aromatic heterocycles. The second-order valence-corrected chi connectivity index (χ2v) is 5.99. The van der Waals surface area contributed by atoms with E-state index >= 15 is 0 Å². The zero-order valence-corrected chi connectivity index (χ0v) is 15.9. The molecule has 12 heteroatoms. The molecule has 156 valence electrons. The highest BCUT2D eigenvalue weighted by Gasteiger charge is 2.39. The number of benzene rings is 1. The van der Waals surface area contributed by atoms with Crippen molar-refractivity contribution in [2.45, 2.75) is 26.1 Å². The Morgan fingerprint density at radius 1 is 1.34 bits per heavy atom. The number of carbonyl (C=O) groups excluding carboxylic acids is 1. The van der Waals surface area contributed by atoms with Gasteiger partial charge in [-0.25, -0.2) is 4.98 Å². The Kier molecular flexibility index (Phi) is 6.85. The first-order chi connectivity index (χ1) is 13.6. The number of carbonyl (C=O) groups is 1. The summed E-state index contributed by atoms with van der Waals surface area (Å²) in [4.78, 5) is 27.0. The lowest BCUT2D eigenvalue weighted by molar-refractivity contribution is -0.386. The molecule has 0 aliphatic heterocycles. The van der Waals surface area contributed by atoms with Crippen LogP contribution in [0, 0.1) is 10.1 Å². The Morgan fingerprint density at radius 3 is 2.52 bits per heavy atom. The molecule has 29 heavy (non-hydrogen) atoms. The number of hydrogen-bond acceptors (Lipinski definition) is 6. The molecule has 0 aliphatic rings. The van der Waals surface area contributed by atoms with Crippen LogP contribution in [0.5, 0.6) is 17.4 Å². The highest BCUT2D eigenvalue weighted by molar-refractivity contribution is 6.35. The third-order valence-corrected chi connectivity index (χ3v) is 4.05. The molecule has 0 spiro atoms. The largest absolute Gasteiger partial charge is 0.490 e. The molecular formula is C17H15ClF3N3O5. The fourth-order valence-corrected chi connectivity index (χ4v) is 2.93. The van der Waals surface area contributed by atoms with Crippen LogP contribution in [0.2, 0.25) is 5.02 Å². The molecule has 2 aromatic rings. The van der Waals surface area contributed by atoms with Gasteiger partial charge in [-0.2, -0.15) is 13.2 Å². The lowest BCUT2D eigenvalue weighted by Gasteiger charge is -2.19. The minimum atomic E-state index is -5.09. The van der Waals surface area contributed by atoms with Crippen LogP contribution in [-0.4, -0.2) is 29.2 Å². The van der Waals surface area contributed by atoms with Gasteiger partial charge in [-0.1, -0.05) is 31.0 Å². The molecule has 2 rings (SSSR count). The summed E-state index contributed by atoms with van der Waals surface area (Å²) >= 11 is 6.21. The highest BCUT2D eigenvalue weighted by Crippen LogP contribution is 2.48. The third-order valence-electron chi connectivity index (χ3n) is 3.63. The van der Waals surface area contributed by atoms with Crippen LogP contribution in [0.1, 0.15) is 29.3 Å². The van der Waals surface area contributed by atoms with E-state index < -0.39 is 39.2 Å². The van der Waals surface area contributed by atoms with Crippen molar-refractivity contribution in [1.29, 1.82) is 0 Å². The quantitative estimate of drug-likeness (QED) is 0.387. The number of nitro benzene ring substituents is 1. The second-order valence-electron chi connectivity index (χ2n) is 5.61. The van der Waals surface area contributed by atoms with Crippen LogP contribution in [0.15, 0.2) is 24.4 Å². The monoisotopic (exact) mass is 433 g/mol. The van der Waals surface area contributed by atoms with Gasteiger partial charge in [0, 0.05) is 17.8 Å². The molecule has 1 heterocycles. The first kappa shape index (κ1) is 22.2. The van der Waals surface area contributed by atoms with E-state index in [1.54, 1.807) is 6.92 Å². The number of aromatic nitrogens is 1. The Balaban J connectivity index is 2.85. The standard InChI is InChI=1S/C17H15ClF3N3O5/c1-3-6-9-12(18)11(16(25)23-17(19,20)21)15(13(24(26)27)14(9)28-2)29-10-7-4-5-8-22-10/h4-5,7-8H,3,6H2,1-2H3,(H,23,25). The fourth-order valence-electron chi connectivity index (χ4n) is 2.58. The normalized spacial score (nSPS) is 11.1. The molecule has 0 unspecified atom stereocenters. The maximum absolute atomic E-state index is 12.7. The topological polar surface area (TPSA) is 104 Å². The Bertz CT molecular complexity index is 923. The molecule has 0 saturated heterocycles. The third kappa shape index (κ3) is 5.05. The van der Waals surface area contributed by atoms with Crippen molar-refractivity contribution in [2.75, 3.05) is 7.11 Å². The van der Waals surface area contributed by atoms with E-state index in [-0.39, 0.29) is 23.6 Å². The summed E-state index contributed by atoms with van der Waals surface area (Å²) < 4.78 is 48.7. The second kappa shape index (κ2) is 8.95. The van der Waals surface area contributed by atoms with Gasteiger partial charge in [0.05, 0.1) is 17.1 Å². The molecule has 0 fully saturated rings. The van der Waals surface area contributed by atoms with Crippen LogP contribution >= 0.6 is 11.6 Å². The van der Waals surface area contributed by atoms with Gasteiger partial charge in [-0.3, -0.25) is 20.2 Å². The SMILES string of the molecule is CCCc1c(Cl)c(C(=O)NC(F)(F)F)c(Oc2ccccn2)c([N+](=O)[O-])c1OC. The minimum absolute atomic E-state index is 0.0177. The van der Waals surface area contributed by atoms with Crippen LogP contribution < -0.4 is 14.8 Å². The number of methoxy groups -OCH3 is 1. The summed E-state index contributed by atoms with van der Waals surface area (Å²) in [5, 5.41) is 12.1. The predicted molar refractivity (Wildman–Crippen MR) is 96.5 cm³/mol. The minimum Gasteiger partial charge on any atom is -0.490 e. The maximum atomic E-state index is 12.7. The van der Waals surface area contributed by atoms with Crippen molar-refractivity contribution in [1.82, 2.24) is 10.3 Å². The van der Waals surface area contributed by atoms with Crippen LogP contribution in [0.3, 0.4) is 0 Å². The molecule has 0 bridgehead atoms. The van der Waals surface area contributed by atoms with Crippen LogP contribution in [0.4, 0.5) is 18.9 Å². The van der Waals surface area contributed by atoms with Crippen molar-refractivity contribution < 1.29 is 32.4 Å². The number of amides is 1. The molecule has 0 aliphatic carbocycles. The molecule has 0 saturated carbocycles. The average molecular weight is 434 g/mol. The van der Waals surface area contributed by atoms with Gasteiger partial charge in [0.15, 0.2) is 0 Å². The zero-order chi connectivity index (χ0) is 21.8. The molecule has 0 radical (unpaired) electrons. The molecule has 1 N–H and O–H groups in total. The van der Waals surface area contributed by atoms with Crippen molar-refractivity contribution >= 4 is 23.2 Å². The van der Waals surface area contributed by atoms with Gasteiger partial charge >= 0.3 is 12.0 Å². The number of nitrogens with zero attached hydrogens (tertiary/aromatic N) is 2. The average Bonchev–Trinajstić information content (AvgIpc) is 2.62. The summed E-state index contributed by atoms with van der Waals surface area (Å²) in [6, 6.07) is 4.31. The van der Waals surface area contributed by atoms with Crippen LogP contribution in [-0.2, 0) is 6.42 Å². The summed E-state index contributed by atoms with van der Waals surface area (Å²) in [5.74, 6) is -3.02. The summed E-state index contributed by atoms with van der Waals surface area (Å²) in [6.07, 6.45) is -3.27. The number of nitrogens with one attached hydrogen (secondary N) is 1. The van der Waals surface area contributed by atoms with E-state index in [9.17, 15) is 28.1 Å². The van der Waals surface area contributed by atoms with E-state index in [1.165, 1.54) is 24.4 Å². The number of nitro groups is 1. The van der Waals surface area contributed by atoms with E-state index in [0.717, 1.165) is 12.4 Å². The van der Waals surface area contributed by atoms with Gasteiger partial charge in [-0.05, 0) is 12.5 Å². The van der Waals surface area contributed by atoms with Gasteiger partial charge in [0.1, 0.15) is 5.56 Å². The summed E-state index contributed by atoms with van der Waals surface area (Å²) in [5.41, 5.74) is -1.66. The molecular weight excluding hydrogens is 419 g/mol. The number of rotatable bonds is 7. The maximum Gasteiger partial charge on any atom is 0.484 e. The van der Waals surface area contributed by atoms with Crippen molar-refractivity contribution in [2.24, 2.45) is 0 Å². The molecule has 1 aromatic carbocycles. The first-order valence-electron chi connectivity index (χ1n) is 8.15. The fraction of sp³-hybridized carbons (Fsp3) is 0.294. The number of pyridine rings is 1. The van der Waals surface area contributed by atoms with Crippen molar-refractivity contribution in [3.63, 3.8) is 0 Å². The first-order valence-corrected chi connectivity index (χ1v) is 8.53. The number of hydrogen-bond donors (Lipinski definition) is 1. The van der Waals surface area contributed by atoms with Crippen LogP contribution in [0.25, 0.3) is 0 Å². The van der Waals surface area contributed by atoms with Crippen molar-refractivity contribution in [3.8, 4) is 17.4 Å². The predicted octanol–water partition coefficient (Wildman–Crippen LogP) is 4.65. The zero-order valence-electron chi connectivity index (χ0n) is 15.2. The smallest absolute Gasteiger partial charge is 0.484 e. The van der Waals surface area contributed by atoms with Gasteiger partial charge < -0.3 is 9.47 Å². The number of ether oxygens (including phenoxy) is 2. The van der Waals surface area contributed by atoms with Crippen molar-refractivity contribution in [3.05, 3.63) is 50.7 Å². The Morgan fingerprint density at radius 2 is 2.03 bits per heavy atom. The van der Waals surface area contributed by atoms with E-state index in [4.69, 9.17) is 21.1 Å². The Hall–Kier alpha value is -3.08. The summed E-state index contributed by atoms with van der Waals surface area (Å²) in [7, 11) is 1.14. The van der Waals surface area contributed by atoms with Gasteiger partial charge in [0.25, 0.3) is 5.91 Å². The summed E-state index contributed by atoms with van der Waals surface area (Å²) in [6.45, 7) is 1.72. The Labute approximate surface area is 167 Å². The van der Waals surface area contributed by atoms with E-state index in [0.29, 0.717) is 6.42 Å². The van der Waals surface area contributed by atoms with E-state index in [1.807, 2.05) is 0 Å². The molecule has 1 amide bonds. The van der Waals surface area contributed by atoms with Gasteiger partial charge in [0.2, 0.25) is 17.4 Å².